The maximum atomic E-state index is 2.45. The predicted octanol–water partition coefficient (Wildman–Crippen LogP) is 4.71. The molecule has 0 radical (unpaired) electrons. The van der Waals surface area contributed by atoms with Gasteiger partial charge in [0.15, 0.2) is 0 Å². The lowest BCUT2D eigenvalue weighted by atomic mass is 10.2. The molecule has 1 heteroatoms. The molecule has 2 rings (SSSR count). The smallest absolute Gasteiger partial charge is 0.0834 e. The van der Waals surface area contributed by atoms with Gasteiger partial charge >= 0.3 is 0 Å². The summed E-state index contributed by atoms with van der Waals surface area (Å²) in [5.74, 6) is 0. The van der Waals surface area contributed by atoms with Crippen LogP contribution in [0.5, 0.6) is 0 Å². The first kappa shape index (κ1) is 13.8. The Labute approximate surface area is 117 Å². The quantitative estimate of drug-likeness (QED) is 0.703. The number of allylic oxidation sites excluding steroid dienone is 1. The number of hydrogen-bond acceptors (Lipinski definition) is 0. The molecule has 0 nitrogen and oxygen atoms in total. The van der Waals surface area contributed by atoms with Crippen LogP contribution in [0.25, 0.3) is 6.08 Å². The highest BCUT2D eigenvalue weighted by atomic mass is 28.3. The van der Waals surface area contributed by atoms with E-state index >= 15 is 0 Å². The van der Waals surface area contributed by atoms with Crippen molar-refractivity contribution in [3.8, 4) is 0 Å². The first-order valence-electron chi connectivity index (χ1n) is 6.89. The molecular formula is C18H22Si. The first-order valence-corrected chi connectivity index (χ1v) is 9.97. The third-order valence-corrected chi connectivity index (χ3v) is 8.32. The summed E-state index contributed by atoms with van der Waals surface area (Å²) in [5.41, 5.74) is 1.90. The molecule has 98 valence electrons. The average molecular weight is 266 g/mol. The van der Waals surface area contributed by atoms with Crippen LogP contribution in [0.3, 0.4) is 0 Å². The number of hydrogen-bond donors (Lipinski definition) is 0. The van der Waals surface area contributed by atoms with Crippen molar-refractivity contribution >= 4 is 19.3 Å². The van der Waals surface area contributed by atoms with Gasteiger partial charge in [-0.15, -0.1) is 0 Å². The molecule has 0 fully saturated rings. The summed E-state index contributed by atoms with van der Waals surface area (Å²) >= 11 is 0. The van der Waals surface area contributed by atoms with Crippen molar-refractivity contribution in [2.45, 2.75) is 25.6 Å². The van der Waals surface area contributed by atoms with Crippen molar-refractivity contribution in [1.82, 2.24) is 0 Å². The molecule has 0 aliphatic heterocycles. The molecule has 1 atom stereocenters. The Morgan fingerprint density at radius 3 is 1.95 bits per heavy atom. The lowest BCUT2D eigenvalue weighted by molar-refractivity contribution is 1.15. The minimum atomic E-state index is -1.42. The summed E-state index contributed by atoms with van der Waals surface area (Å²) < 4.78 is 0. The topological polar surface area (TPSA) is 0 Å². The van der Waals surface area contributed by atoms with E-state index in [2.05, 4.69) is 92.8 Å². The van der Waals surface area contributed by atoms with Crippen molar-refractivity contribution in [2.75, 3.05) is 0 Å². The Hall–Kier alpha value is -1.60. The van der Waals surface area contributed by atoms with Gasteiger partial charge in [0.1, 0.15) is 0 Å². The van der Waals surface area contributed by atoms with Crippen molar-refractivity contribution in [1.29, 1.82) is 0 Å². The Kier molecular flexibility index (Phi) is 4.38. The van der Waals surface area contributed by atoms with E-state index < -0.39 is 8.07 Å². The van der Waals surface area contributed by atoms with Gasteiger partial charge in [-0.2, -0.15) is 0 Å². The van der Waals surface area contributed by atoms with Crippen LogP contribution in [0, 0.1) is 0 Å². The minimum absolute atomic E-state index is 0.620. The van der Waals surface area contributed by atoms with Gasteiger partial charge in [-0.25, -0.2) is 0 Å². The summed E-state index contributed by atoms with van der Waals surface area (Å²) in [4.78, 5) is 0. The predicted molar refractivity (Wildman–Crippen MR) is 88.5 cm³/mol. The van der Waals surface area contributed by atoms with Crippen LogP contribution in [-0.4, -0.2) is 8.07 Å². The third-order valence-electron chi connectivity index (χ3n) is 4.03. The maximum Gasteiger partial charge on any atom is 0.0871 e. The molecule has 19 heavy (non-hydrogen) atoms. The van der Waals surface area contributed by atoms with Gasteiger partial charge in [0.2, 0.25) is 0 Å². The summed E-state index contributed by atoms with van der Waals surface area (Å²) in [6.07, 6.45) is 4.62. The second-order valence-corrected chi connectivity index (χ2v) is 10.6. The molecular weight excluding hydrogens is 244 g/mol. The monoisotopic (exact) mass is 266 g/mol. The van der Waals surface area contributed by atoms with Crippen LogP contribution in [0.4, 0.5) is 0 Å². The van der Waals surface area contributed by atoms with Gasteiger partial charge in [0, 0.05) is 0 Å². The van der Waals surface area contributed by atoms with Gasteiger partial charge in [-0.3, -0.25) is 0 Å². The highest BCUT2D eigenvalue weighted by Gasteiger charge is 2.28. The molecule has 2 aromatic carbocycles. The fraction of sp³-hybridized carbons (Fsp3) is 0.222. The Balaban J connectivity index is 2.15. The van der Waals surface area contributed by atoms with Crippen LogP contribution in [0.2, 0.25) is 18.6 Å². The van der Waals surface area contributed by atoms with Crippen LogP contribution in [0.15, 0.2) is 66.7 Å². The van der Waals surface area contributed by atoms with Crippen LogP contribution in [0.1, 0.15) is 12.5 Å². The van der Waals surface area contributed by atoms with E-state index in [0.29, 0.717) is 5.54 Å². The molecule has 0 heterocycles. The van der Waals surface area contributed by atoms with Gasteiger partial charge < -0.3 is 0 Å². The van der Waals surface area contributed by atoms with E-state index in [1.54, 1.807) is 0 Å². The second-order valence-electron chi connectivity index (χ2n) is 5.65. The van der Waals surface area contributed by atoms with E-state index in [1.165, 1.54) is 10.8 Å². The molecule has 0 bridgehead atoms. The zero-order valence-electron chi connectivity index (χ0n) is 12.0. The molecule has 0 aliphatic carbocycles. The summed E-state index contributed by atoms with van der Waals surface area (Å²) in [6, 6.07) is 21.5. The lowest BCUT2D eigenvalue weighted by Crippen LogP contribution is -2.44. The van der Waals surface area contributed by atoms with Gasteiger partial charge in [0.25, 0.3) is 0 Å². The van der Waals surface area contributed by atoms with Crippen molar-refractivity contribution < 1.29 is 0 Å². The van der Waals surface area contributed by atoms with E-state index in [4.69, 9.17) is 0 Å². The minimum Gasteiger partial charge on any atom is -0.0834 e. The summed E-state index contributed by atoms with van der Waals surface area (Å²) in [5, 5.41) is 1.53. The highest BCUT2D eigenvalue weighted by molar-refractivity contribution is 6.91. The summed E-state index contributed by atoms with van der Waals surface area (Å²) in [7, 11) is -1.42. The standard InChI is InChI=1S/C18H22Si/c1-16(14-15-17-10-6-4-7-11-17)19(2,3)18-12-8-5-9-13-18/h4-16H,1-3H3/b15-14+. The van der Waals surface area contributed by atoms with Crippen LogP contribution >= 0.6 is 0 Å². The zero-order chi connectivity index (χ0) is 13.7. The third kappa shape index (κ3) is 3.45. The van der Waals surface area contributed by atoms with Crippen LogP contribution < -0.4 is 5.19 Å². The average Bonchev–Trinajstić information content (AvgIpc) is 2.46. The molecule has 2 aromatic rings. The maximum absolute atomic E-state index is 2.45. The summed E-state index contributed by atoms with van der Waals surface area (Å²) in [6.45, 7) is 7.24. The lowest BCUT2D eigenvalue weighted by Gasteiger charge is -2.28. The van der Waals surface area contributed by atoms with Crippen molar-refractivity contribution in [2.24, 2.45) is 0 Å². The normalized spacial score (nSPS) is 13.6. The molecule has 0 spiro atoms. The van der Waals surface area contributed by atoms with E-state index in [9.17, 15) is 0 Å². The highest BCUT2D eigenvalue weighted by Crippen LogP contribution is 2.23. The van der Waals surface area contributed by atoms with Gasteiger partial charge in [0.05, 0.1) is 8.07 Å². The van der Waals surface area contributed by atoms with E-state index in [-0.39, 0.29) is 0 Å². The van der Waals surface area contributed by atoms with E-state index in [1.807, 2.05) is 0 Å². The fourth-order valence-electron chi connectivity index (χ4n) is 2.19. The van der Waals surface area contributed by atoms with Gasteiger partial charge in [-0.05, 0) is 11.1 Å². The molecule has 1 unspecified atom stereocenters. The number of benzene rings is 2. The Morgan fingerprint density at radius 1 is 0.842 bits per heavy atom. The first-order chi connectivity index (χ1) is 9.10. The SMILES string of the molecule is CC(/C=C/c1ccccc1)[Si](C)(C)c1ccccc1. The molecule has 0 N–H and O–H groups in total. The van der Waals surface area contributed by atoms with Crippen molar-refractivity contribution in [3.63, 3.8) is 0 Å². The number of rotatable bonds is 4. The second kappa shape index (κ2) is 6.03. The zero-order valence-corrected chi connectivity index (χ0v) is 13.0. The molecule has 0 saturated heterocycles. The molecule has 0 amide bonds. The molecule has 0 aliphatic rings. The molecule has 0 aromatic heterocycles. The largest absolute Gasteiger partial charge is 0.0871 e. The van der Waals surface area contributed by atoms with E-state index in [0.717, 1.165) is 0 Å². The Morgan fingerprint density at radius 2 is 1.37 bits per heavy atom. The Bertz CT molecular complexity index is 526. The fourth-order valence-corrected chi connectivity index (χ4v) is 4.35. The van der Waals surface area contributed by atoms with Crippen molar-refractivity contribution in [3.05, 3.63) is 72.3 Å². The van der Waals surface area contributed by atoms with Gasteiger partial charge in [-0.1, -0.05) is 98.0 Å². The van der Waals surface area contributed by atoms with Crippen LogP contribution in [-0.2, 0) is 0 Å². The molecule has 0 saturated carbocycles.